The van der Waals surface area contributed by atoms with Gasteiger partial charge in [0.2, 0.25) is 5.91 Å². The molecular formula is C19H21ClN2O3S. The maximum atomic E-state index is 12.5. The Labute approximate surface area is 159 Å². The van der Waals surface area contributed by atoms with Crippen LogP contribution < -0.4 is 4.72 Å². The molecule has 5 nitrogen and oxygen atoms in total. The van der Waals surface area contributed by atoms with Crippen molar-refractivity contribution in [2.45, 2.75) is 31.1 Å². The molecule has 1 heterocycles. The van der Waals surface area contributed by atoms with Crippen molar-refractivity contribution in [2.75, 3.05) is 17.8 Å². The number of amides is 1. The fraction of sp³-hybridized carbons (Fsp3) is 0.316. The first-order chi connectivity index (χ1) is 12.3. The first-order valence-electron chi connectivity index (χ1n) is 8.51. The third-order valence-corrected chi connectivity index (χ3v) is 6.26. The van der Waals surface area contributed by atoms with E-state index in [4.69, 9.17) is 11.6 Å². The van der Waals surface area contributed by atoms with Gasteiger partial charge in [0.15, 0.2) is 0 Å². The summed E-state index contributed by atoms with van der Waals surface area (Å²) in [6.45, 7) is 3.47. The van der Waals surface area contributed by atoms with Gasteiger partial charge in [0, 0.05) is 23.8 Å². The highest BCUT2D eigenvalue weighted by molar-refractivity contribution is 7.92. The third-order valence-electron chi connectivity index (χ3n) is 4.47. The van der Waals surface area contributed by atoms with Gasteiger partial charge in [-0.25, -0.2) is 8.42 Å². The molecule has 0 spiro atoms. The average molecular weight is 393 g/mol. The highest BCUT2D eigenvalue weighted by Crippen LogP contribution is 2.22. The number of carbonyl (C=O) groups excluding carboxylic acids is 1. The molecule has 0 unspecified atom stereocenters. The summed E-state index contributed by atoms with van der Waals surface area (Å²) in [5.74, 6) is 0.116. The van der Waals surface area contributed by atoms with Gasteiger partial charge in [-0.05, 0) is 55.2 Å². The lowest BCUT2D eigenvalue weighted by Crippen LogP contribution is -2.29. The Morgan fingerprint density at radius 1 is 1.12 bits per heavy atom. The second kappa shape index (κ2) is 7.68. The molecule has 138 valence electrons. The lowest BCUT2D eigenvalue weighted by atomic mass is 10.1. The smallest absolute Gasteiger partial charge is 0.261 e. The Morgan fingerprint density at radius 3 is 2.38 bits per heavy atom. The van der Waals surface area contributed by atoms with Crippen LogP contribution in [0.2, 0.25) is 5.02 Å². The molecule has 26 heavy (non-hydrogen) atoms. The summed E-state index contributed by atoms with van der Waals surface area (Å²) in [7, 11) is -3.71. The number of hydrogen-bond donors (Lipinski definition) is 1. The Hall–Kier alpha value is -2.05. The molecule has 1 fully saturated rings. The molecule has 1 aliphatic rings. The van der Waals surface area contributed by atoms with Gasteiger partial charge in [0.25, 0.3) is 10.0 Å². The summed E-state index contributed by atoms with van der Waals surface area (Å²) in [5, 5.41) is 0.406. The normalized spacial score (nSPS) is 14.5. The topological polar surface area (TPSA) is 66.5 Å². The van der Waals surface area contributed by atoms with Crippen LogP contribution in [0.25, 0.3) is 0 Å². The first-order valence-corrected chi connectivity index (χ1v) is 10.4. The van der Waals surface area contributed by atoms with Crippen molar-refractivity contribution in [2.24, 2.45) is 0 Å². The zero-order chi connectivity index (χ0) is 18.7. The van der Waals surface area contributed by atoms with Crippen LogP contribution >= 0.6 is 11.6 Å². The summed E-state index contributed by atoms with van der Waals surface area (Å²) in [6, 6.07) is 11.5. The lowest BCUT2D eigenvalue weighted by Gasteiger charge is -2.15. The van der Waals surface area contributed by atoms with E-state index in [0.717, 1.165) is 37.1 Å². The average Bonchev–Trinajstić information content (AvgIpc) is 3.13. The Bertz CT molecular complexity index is 905. The second-order valence-corrected chi connectivity index (χ2v) is 8.57. The van der Waals surface area contributed by atoms with E-state index in [1.165, 1.54) is 12.1 Å². The molecule has 0 bridgehead atoms. The van der Waals surface area contributed by atoms with E-state index in [2.05, 4.69) is 4.72 Å². The third kappa shape index (κ3) is 4.37. The van der Waals surface area contributed by atoms with Gasteiger partial charge < -0.3 is 4.90 Å². The summed E-state index contributed by atoms with van der Waals surface area (Å²) < 4.78 is 27.5. The molecule has 1 aliphatic heterocycles. The number of halogens is 1. The molecule has 0 aliphatic carbocycles. The zero-order valence-corrected chi connectivity index (χ0v) is 16.1. The van der Waals surface area contributed by atoms with Gasteiger partial charge >= 0.3 is 0 Å². The van der Waals surface area contributed by atoms with Gasteiger partial charge in [-0.3, -0.25) is 9.52 Å². The number of nitrogens with zero attached hydrogens (tertiary/aromatic N) is 1. The van der Waals surface area contributed by atoms with Crippen LogP contribution in [0.3, 0.4) is 0 Å². The molecule has 7 heteroatoms. The number of aryl methyl sites for hydroxylation is 1. The number of carbonyl (C=O) groups is 1. The van der Waals surface area contributed by atoms with Gasteiger partial charge in [-0.15, -0.1) is 0 Å². The first kappa shape index (κ1) is 18.7. The maximum absolute atomic E-state index is 12.5. The monoisotopic (exact) mass is 392 g/mol. The quantitative estimate of drug-likeness (QED) is 0.845. The van der Waals surface area contributed by atoms with Crippen molar-refractivity contribution >= 4 is 33.2 Å². The van der Waals surface area contributed by atoms with Crippen molar-refractivity contribution in [1.82, 2.24) is 4.90 Å². The van der Waals surface area contributed by atoms with E-state index >= 15 is 0 Å². The van der Waals surface area contributed by atoms with E-state index in [1.807, 2.05) is 11.8 Å². The van der Waals surface area contributed by atoms with Crippen LogP contribution in [0.4, 0.5) is 5.69 Å². The molecule has 1 amide bonds. The van der Waals surface area contributed by atoms with Gasteiger partial charge in [0.1, 0.15) is 0 Å². The van der Waals surface area contributed by atoms with Crippen LogP contribution in [0, 0.1) is 6.92 Å². The van der Waals surface area contributed by atoms with E-state index in [1.54, 1.807) is 30.3 Å². The largest absolute Gasteiger partial charge is 0.342 e. The van der Waals surface area contributed by atoms with Gasteiger partial charge in [-0.2, -0.15) is 0 Å². The summed E-state index contributed by atoms with van der Waals surface area (Å²) in [4.78, 5) is 14.2. The molecule has 0 radical (unpaired) electrons. The molecule has 3 rings (SSSR count). The van der Waals surface area contributed by atoms with Crippen molar-refractivity contribution < 1.29 is 13.2 Å². The number of anilines is 1. The SMILES string of the molecule is Cc1ccc(S(=O)(=O)Nc2ccc(CC(=O)N3CCCC3)cc2)cc1Cl. The second-order valence-electron chi connectivity index (χ2n) is 6.48. The van der Waals surface area contributed by atoms with Crippen LogP contribution in [0.5, 0.6) is 0 Å². The lowest BCUT2D eigenvalue weighted by molar-refractivity contribution is -0.129. The van der Waals surface area contributed by atoms with Crippen LogP contribution in [-0.2, 0) is 21.2 Å². The fourth-order valence-electron chi connectivity index (χ4n) is 2.90. The highest BCUT2D eigenvalue weighted by Gasteiger charge is 2.18. The standard InChI is InChI=1S/C19H21ClN2O3S/c1-14-4-9-17(13-18(14)20)26(24,25)21-16-7-5-15(6-8-16)12-19(23)22-10-2-3-11-22/h4-9,13,21H,2-3,10-12H2,1H3. The molecule has 0 aromatic heterocycles. The van der Waals surface area contributed by atoms with E-state index in [0.29, 0.717) is 17.1 Å². The predicted molar refractivity (Wildman–Crippen MR) is 103 cm³/mol. The van der Waals surface area contributed by atoms with E-state index in [9.17, 15) is 13.2 Å². The van der Waals surface area contributed by atoms with E-state index < -0.39 is 10.0 Å². The zero-order valence-electron chi connectivity index (χ0n) is 14.5. The van der Waals surface area contributed by atoms with Crippen LogP contribution in [-0.4, -0.2) is 32.3 Å². The predicted octanol–water partition coefficient (Wildman–Crippen LogP) is 3.61. The molecule has 1 saturated heterocycles. The molecule has 2 aromatic rings. The molecular weight excluding hydrogens is 372 g/mol. The van der Waals surface area contributed by atoms with Gasteiger partial charge in [0.05, 0.1) is 11.3 Å². The van der Waals surface area contributed by atoms with E-state index in [-0.39, 0.29) is 10.8 Å². The number of hydrogen-bond acceptors (Lipinski definition) is 3. The highest BCUT2D eigenvalue weighted by atomic mass is 35.5. The Kier molecular flexibility index (Phi) is 5.53. The molecule has 0 atom stereocenters. The minimum absolute atomic E-state index is 0.112. The number of rotatable bonds is 5. The number of likely N-dealkylation sites (tertiary alicyclic amines) is 1. The van der Waals surface area contributed by atoms with Crippen molar-refractivity contribution in [1.29, 1.82) is 0 Å². The number of sulfonamides is 1. The van der Waals surface area contributed by atoms with Crippen LogP contribution in [0.1, 0.15) is 24.0 Å². The minimum Gasteiger partial charge on any atom is -0.342 e. The molecule has 2 aromatic carbocycles. The Morgan fingerprint density at radius 2 is 1.77 bits per heavy atom. The maximum Gasteiger partial charge on any atom is 0.261 e. The van der Waals surface area contributed by atoms with Gasteiger partial charge in [-0.1, -0.05) is 29.8 Å². The fourth-order valence-corrected chi connectivity index (χ4v) is 4.23. The molecule has 1 N–H and O–H groups in total. The summed E-state index contributed by atoms with van der Waals surface area (Å²) in [6.07, 6.45) is 2.46. The summed E-state index contributed by atoms with van der Waals surface area (Å²) in [5.41, 5.74) is 2.12. The minimum atomic E-state index is -3.71. The molecule has 0 saturated carbocycles. The van der Waals surface area contributed by atoms with Crippen molar-refractivity contribution in [3.05, 3.63) is 58.6 Å². The van der Waals surface area contributed by atoms with Crippen molar-refractivity contribution in [3.63, 3.8) is 0 Å². The summed E-state index contributed by atoms with van der Waals surface area (Å²) >= 11 is 6.02. The number of benzene rings is 2. The van der Waals surface area contributed by atoms with Crippen LogP contribution in [0.15, 0.2) is 47.4 Å². The Balaban J connectivity index is 1.68. The van der Waals surface area contributed by atoms with Crippen molar-refractivity contribution in [3.8, 4) is 0 Å². The number of nitrogens with one attached hydrogen (secondary N) is 1.